The van der Waals surface area contributed by atoms with Gasteiger partial charge in [0.05, 0.1) is 5.56 Å². The number of carboxylic acids is 1. The fraction of sp³-hybridized carbons (Fsp3) is 0.467. The van der Waals surface area contributed by atoms with Crippen LogP contribution in [0.5, 0.6) is 0 Å². The van der Waals surface area contributed by atoms with Crippen molar-refractivity contribution in [2.45, 2.75) is 38.0 Å². The Morgan fingerprint density at radius 2 is 1.95 bits per heavy atom. The van der Waals surface area contributed by atoms with Gasteiger partial charge in [-0.25, -0.2) is 4.79 Å². The van der Waals surface area contributed by atoms with Gasteiger partial charge in [0.25, 0.3) is 0 Å². The smallest absolute Gasteiger partial charge is 0.335 e. The Morgan fingerprint density at radius 3 is 2.53 bits per heavy atom. The van der Waals surface area contributed by atoms with Gasteiger partial charge in [-0.15, -0.1) is 0 Å². The number of hydrogen-bond donors (Lipinski definition) is 1. The summed E-state index contributed by atoms with van der Waals surface area (Å²) in [6.45, 7) is 2.26. The number of carbonyl (C=O) groups excluding carboxylic acids is 1. The van der Waals surface area contributed by atoms with Gasteiger partial charge in [-0.05, 0) is 30.5 Å². The molecule has 4 heteroatoms. The second kappa shape index (κ2) is 4.08. The first kappa shape index (κ1) is 12.2. The van der Waals surface area contributed by atoms with Crippen molar-refractivity contribution < 1.29 is 14.7 Å². The highest BCUT2D eigenvalue weighted by Crippen LogP contribution is 2.50. The van der Waals surface area contributed by atoms with E-state index >= 15 is 0 Å². The Labute approximate surface area is 112 Å². The first-order chi connectivity index (χ1) is 9.03. The molecule has 0 unspecified atom stereocenters. The molecule has 100 valence electrons. The summed E-state index contributed by atoms with van der Waals surface area (Å²) in [6.07, 6.45) is 4.56. The van der Waals surface area contributed by atoms with Crippen molar-refractivity contribution >= 4 is 17.6 Å². The maximum Gasteiger partial charge on any atom is 0.335 e. The molecule has 0 aromatic heterocycles. The van der Waals surface area contributed by atoms with E-state index in [0.29, 0.717) is 6.54 Å². The molecule has 1 spiro atoms. The molecule has 0 bridgehead atoms. The van der Waals surface area contributed by atoms with Crippen LogP contribution in [0.4, 0.5) is 5.69 Å². The zero-order valence-corrected chi connectivity index (χ0v) is 11.0. The van der Waals surface area contributed by atoms with Crippen LogP contribution in [0.3, 0.4) is 0 Å². The number of anilines is 1. The summed E-state index contributed by atoms with van der Waals surface area (Å²) >= 11 is 0. The second-order valence-electron chi connectivity index (χ2n) is 5.63. The summed E-state index contributed by atoms with van der Waals surface area (Å²) in [7, 11) is 0. The van der Waals surface area contributed by atoms with Crippen LogP contribution in [0, 0.1) is 0 Å². The fourth-order valence-corrected chi connectivity index (χ4v) is 3.57. The monoisotopic (exact) mass is 259 g/mol. The van der Waals surface area contributed by atoms with E-state index in [1.165, 1.54) is 12.8 Å². The lowest BCUT2D eigenvalue weighted by molar-refractivity contribution is -0.116. The number of amides is 1. The zero-order chi connectivity index (χ0) is 13.6. The highest BCUT2D eigenvalue weighted by atomic mass is 16.4. The minimum atomic E-state index is -0.946. The molecule has 1 aliphatic carbocycles. The molecule has 1 aromatic rings. The van der Waals surface area contributed by atoms with Crippen LogP contribution in [0.1, 0.15) is 48.5 Å². The molecule has 0 saturated heterocycles. The standard InChI is InChI=1S/C15H17NO3/c1-10(17)16-9-15(6-2-3-7-15)12-5-4-11(14(18)19)8-13(12)16/h4-5,8H,2-3,6-7,9H2,1H3,(H,18,19). The number of rotatable bonds is 1. The van der Waals surface area contributed by atoms with Crippen molar-refractivity contribution in [3.63, 3.8) is 0 Å². The van der Waals surface area contributed by atoms with Gasteiger partial charge >= 0.3 is 5.97 Å². The van der Waals surface area contributed by atoms with Crippen LogP contribution in [0.2, 0.25) is 0 Å². The molecule has 1 aliphatic heterocycles. The maximum absolute atomic E-state index is 11.8. The van der Waals surface area contributed by atoms with Gasteiger partial charge in [-0.2, -0.15) is 0 Å². The van der Waals surface area contributed by atoms with Crippen LogP contribution in [0.15, 0.2) is 18.2 Å². The highest BCUT2D eigenvalue weighted by Gasteiger charge is 2.45. The van der Waals surface area contributed by atoms with E-state index in [9.17, 15) is 9.59 Å². The Morgan fingerprint density at radius 1 is 1.26 bits per heavy atom. The molecule has 0 atom stereocenters. The average Bonchev–Trinajstić information content (AvgIpc) is 2.96. The van der Waals surface area contributed by atoms with E-state index < -0.39 is 5.97 Å². The number of hydrogen-bond acceptors (Lipinski definition) is 2. The largest absolute Gasteiger partial charge is 0.478 e. The predicted octanol–water partition coefficient (Wildman–Crippen LogP) is 2.56. The van der Waals surface area contributed by atoms with Crippen molar-refractivity contribution in [2.75, 3.05) is 11.4 Å². The maximum atomic E-state index is 11.8. The molecule has 1 N–H and O–H groups in total. The molecule has 3 rings (SSSR count). The predicted molar refractivity (Wildman–Crippen MR) is 71.6 cm³/mol. The summed E-state index contributed by atoms with van der Waals surface area (Å²) in [6, 6.07) is 5.21. The number of aromatic carboxylic acids is 1. The van der Waals surface area contributed by atoms with Crippen LogP contribution >= 0.6 is 0 Å². The zero-order valence-electron chi connectivity index (χ0n) is 11.0. The van der Waals surface area contributed by atoms with Crippen molar-refractivity contribution in [3.05, 3.63) is 29.3 Å². The minimum Gasteiger partial charge on any atom is -0.478 e. The third-order valence-corrected chi connectivity index (χ3v) is 4.51. The van der Waals surface area contributed by atoms with E-state index in [1.54, 1.807) is 24.0 Å². The van der Waals surface area contributed by atoms with Crippen molar-refractivity contribution in [2.24, 2.45) is 0 Å². The van der Waals surface area contributed by atoms with Crippen LogP contribution in [-0.4, -0.2) is 23.5 Å². The molecule has 2 aliphatic rings. The highest BCUT2D eigenvalue weighted by molar-refractivity contribution is 5.97. The first-order valence-corrected chi connectivity index (χ1v) is 6.69. The van der Waals surface area contributed by atoms with E-state index in [1.807, 2.05) is 6.07 Å². The molecular formula is C15H17NO3. The van der Waals surface area contributed by atoms with Gasteiger partial charge in [-0.3, -0.25) is 4.79 Å². The average molecular weight is 259 g/mol. The Bertz CT molecular complexity index is 559. The van der Waals surface area contributed by atoms with Crippen molar-refractivity contribution in [1.82, 2.24) is 0 Å². The third-order valence-electron chi connectivity index (χ3n) is 4.51. The summed E-state index contributed by atoms with van der Waals surface area (Å²) in [5.41, 5.74) is 2.28. The van der Waals surface area contributed by atoms with Gasteiger partial charge in [-0.1, -0.05) is 18.9 Å². The number of carboxylic acid groups (broad SMARTS) is 1. The summed E-state index contributed by atoms with van der Waals surface area (Å²) in [4.78, 5) is 24.6. The number of carbonyl (C=O) groups is 2. The molecule has 1 fully saturated rings. The molecule has 0 radical (unpaired) electrons. The number of nitrogens with zero attached hydrogens (tertiary/aromatic N) is 1. The Hall–Kier alpha value is -1.84. The fourth-order valence-electron chi connectivity index (χ4n) is 3.57. The molecule has 1 heterocycles. The van der Waals surface area contributed by atoms with Gasteiger partial charge in [0, 0.05) is 24.6 Å². The normalized spacial score (nSPS) is 19.7. The molecule has 19 heavy (non-hydrogen) atoms. The Balaban J connectivity index is 2.13. The minimum absolute atomic E-state index is 0.00689. The molecular weight excluding hydrogens is 242 g/mol. The number of fused-ring (bicyclic) bond motifs is 2. The molecule has 1 aromatic carbocycles. The quantitative estimate of drug-likeness (QED) is 0.843. The lowest BCUT2D eigenvalue weighted by atomic mass is 9.80. The van der Waals surface area contributed by atoms with Gasteiger partial charge < -0.3 is 10.0 Å². The summed E-state index contributed by atoms with van der Waals surface area (Å²) < 4.78 is 0. The van der Waals surface area contributed by atoms with Crippen molar-refractivity contribution in [1.29, 1.82) is 0 Å². The molecule has 1 amide bonds. The van der Waals surface area contributed by atoms with Crippen LogP contribution in [-0.2, 0) is 10.2 Å². The molecule has 4 nitrogen and oxygen atoms in total. The third kappa shape index (κ3) is 1.74. The SMILES string of the molecule is CC(=O)N1CC2(CCCC2)c2ccc(C(=O)O)cc21. The van der Waals surface area contributed by atoms with Crippen molar-refractivity contribution in [3.8, 4) is 0 Å². The topological polar surface area (TPSA) is 57.6 Å². The van der Waals surface area contributed by atoms with E-state index in [-0.39, 0.29) is 16.9 Å². The van der Waals surface area contributed by atoms with Gasteiger partial charge in [0.15, 0.2) is 0 Å². The first-order valence-electron chi connectivity index (χ1n) is 6.69. The lowest BCUT2D eigenvalue weighted by Crippen LogP contribution is -2.34. The summed E-state index contributed by atoms with van der Waals surface area (Å²) in [5, 5.41) is 9.09. The van der Waals surface area contributed by atoms with Gasteiger partial charge in [0.1, 0.15) is 0 Å². The number of benzene rings is 1. The van der Waals surface area contributed by atoms with Gasteiger partial charge in [0.2, 0.25) is 5.91 Å². The van der Waals surface area contributed by atoms with Crippen LogP contribution in [0.25, 0.3) is 0 Å². The van der Waals surface area contributed by atoms with Crippen LogP contribution < -0.4 is 4.90 Å². The lowest BCUT2D eigenvalue weighted by Gasteiger charge is -2.24. The Kier molecular flexibility index (Phi) is 2.62. The molecule has 1 saturated carbocycles. The van der Waals surface area contributed by atoms with E-state index in [2.05, 4.69) is 0 Å². The van der Waals surface area contributed by atoms with E-state index in [0.717, 1.165) is 24.1 Å². The second-order valence-corrected chi connectivity index (χ2v) is 5.63. The summed E-state index contributed by atoms with van der Waals surface area (Å²) in [5.74, 6) is -0.953. The van der Waals surface area contributed by atoms with E-state index in [4.69, 9.17) is 5.11 Å².